The van der Waals surface area contributed by atoms with Gasteiger partial charge in [0.25, 0.3) is 5.91 Å². The van der Waals surface area contributed by atoms with E-state index >= 15 is 0 Å². The zero-order valence-corrected chi connectivity index (χ0v) is 9.23. The molecule has 1 aromatic rings. The average molecular weight is 210 g/mol. The lowest BCUT2D eigenvalue weighted by Gasteiger charge is -2.00. The van der Waals surface area contributed by atoms with Gasteiger partial charge in [-0.1, -0.05) is 19.9 Å². The Balaban J connectivity index is 2.54. The minimum absolute atomic E-state index is 0.126. The highest BCUT2D eigenvalue weighted by Gasteiger charge is 2.04. The number of hydrazone groups is 1. The number of carbonyl (C=O) groups is 1. The van der Waals surface area contributed by atoms with E-state index in [1.54, 1.807) is 6.07 Å². The first-order chi connectivity index (χ1) is 6.77. The van der Waals surface area contributed by atoms with Gasteiger partial charge in [-0.2, -0.15) is 5.10 Å². The van der Waals surface area contributed by atoms with Crippen molar-refractivity contribution in [2.24, 2.45) is 5.10 Å². The van der Waals surface area contributed by atoms with E-state index in [0.29, 0.717) is 4.88 Å². The summed E-state index contributed by atoms with van der Waals surface area (Å²) < 4.78 is 0. The first-order valence-electron chi connectivity index (χ1n) is 4.67. The van der Waals surface area contributed by atoms with E-state index in [4.69, 9.17) is 0 Å². The van der Waals surface area contributed by atoms with Crippen LogP contribution in [0.25, 0.3) is 0 Å². The molecule has 0 saturated heterocycles. The first-order valence-corrected chi connectivity index (χ1v) is 5.55. The molecule has 4 heteroatoms. The van der Waals surface area contributed by atoms with Crippen LogP contribution in [-0.4, -0.2) is 11.6 Å². The van der Waals surface area contributed by atoms with Crippen molar-refractivity contribution in [2.45, 2.75) is 26.7 Å². The third kappa shape index (κ3) is 2.96. The smallest absolute Gasteiger partial charge is 0.266 e. The Morgan fingerprint density at radius 1 is 1.50 bits per heavy atom. The Morgan fingerprint density at radius 3 is 2.71 bits per heavy atom. The summed E-state index contributed by atoms with van der Waals surface area (Å²) in [6, 6.07) is 3.64. The standard InChI is InChI=1S/C10H14N2OS/c1-3-8(4-2)11-12-10(13)9-6-5-7-14-9/h5-7H,3-4H2,1-2H3,(H,12,13). The molecule has 0 fully saturated rings. The van der Waals surface area contributed by atoms with Gasteiger partial charge in [0.2, 0.25) is 0 Å². The number of amides is 1. The molecule has 0 aliphatic carbocycles. The van der Waals surface area contributed by atoms with Gasteiger partial charge in [-0.05, 0) is 24.3 Å². The normalized spacial score (nSPS) is 9.57. The zero-order chi connectivity index (χ0) is 10.4. The van der Waals surface area contributed by atoms with Crippen molar-refractivity contribution in [3.63, 3.8) is 0 Å². The number of nitrogens with one attached hydrogen (secondary N) is 1. The van der Waals surface area contributed by atoms with Crippen LogP contribution >= 0.6 is 11.3 Å². The lowest BCUT2D eigenvalue weighted by Crippen LogP contribution is -2.18. The fourth-order valence-electron chi connectivity index (χ4n) is 1.00. The average Bonchev–Trinajstić information content (AvgIpc) is 2.72. The summed E-state index contributed by atoms with van der Waals surface area (Å²) >= 11 is 1.42. The van der Waals surface area contributed by atoms with Gasteiger partial charge in [0.1, 0.15) is 0 Å². The Morgan fingerprint density at radius 2 is 2.21 bits per heavy atom. The van der Waals surface area contributed by atoms with Crippen LogP contribution in [-0.2, 0) is 0 Å². The second kappa shape index (κ2) is 5.54. The lowest BCUT2D eigenvalue weighted by molar-refractivity contribution is 0.0958. The molecule has 1 aromatic heterocycles. The highest BCUT2D eigenvalue weighted by molar-refractivity contribution is 7.12. The minimum atomic E-state index is -0.126. The van der Waals surface area contributed by atoms with Gasteiger partial charge < -0.3 is 0 Å². The van der Waals surface area contributed by atoms with Gasteiger partial charge in [0, 0.05) is 5.71 Å². The van der Waals surface area contributed by atoms with Gasteiger partial charge in [-0.25, -0.2) is 5.43 Å². The van der Waals surface area contributed by atoms with Crippen molar-refractivity contribution >= 4 is 23.0 Å². The number of rotatable bonds is 4. The SMILES string of the molecule is CCC(CC)=NNC(=O)c1cccs1. The van der Waals surface area contributed by atoms with E-state index in [-0.39, 0.29) is 5.91 Å². The van der Waals surface area contributed by atoms with E-state index in [1.165, 1.54) is 11.3 Å². The van der Waals surface area contributed by atoms with Gasteiger partial charge in [-0.15, -0.1) is 11.3 Å². The molecule has 0 spiro atoms. The van der Waals surface area contributed by atoms with Crippen molar-refractivity contribution in [3.05, 3.63) is 22.4 Å². The third-order valence-corrected chi connectivity index (χ3v) is 2.75. The molecule has 1 rings (SSSR count). The maximum absolute atomic E-state index is 11.4. The molecular weight excluding hydrogens is 196 g/mol. The lowest BCUT2D eigenvalue weighted by atomic mass is 10.2. The maximum Gasteiger partial charge on any atom is 0.281 e. The molecule has 3 nitrogen and oxygen atoms in total. The highest BCUT2D eigenvalue weighted by atomic mass is 32.1. The molecule has 14 heavy (non-hydrogen) atoms. The molecule has 1 N–H and O–H groups in total. The van der Waals surface area contributed by atoms with Crippen LogP contribution < -0.4 is 5.43 Å². The van der Waals surface area contributed by atoms with Crippen molar-refractivity contribution in [1.82, 2.24) is 5.43 Å². The van der Waals surface area contributed by atoms with Gasteiger partial charge in [-0.3, -0.25) is 4.79 Å². The molecular formula is C10H14N2OS. The molecule has 0 aliphatic heterocycles. The second-order valence-electron chi connectivity index (χ2n) is 2.80. The molecule has 0 unspecified atom stereocenters. The largest absolute Gasteiger partial charge is 0.281 e. The summed E-state index contributed by atoms with van der Waals surface area (Å²) in [5.74, 6) is -0.126. The fourth-order valence-corrected chi connectivity index (χ4v) is 1.61. The highest BCUT2D eigenvalue weighted by Crippen LogP contribution is 2.07. The first kappa shape index (κ1) is 10.9. The number of carbonyl (C=O) groups excluding carboxylic acids is 1. The Kier molecular flexibility index (Phi) is 4.32. The molecule has 0 atom stereocenters. The predicted molar refractivity (Wildman–Crippen MR) is 59.8 cm³/mol. The molecule has 0 saturated carbocycles. The van der Waals surface area contributed by atoms with Gasteiger partial charge >= 0.3 is 0 Å². The number of thiophene rings is 1. The summed E-state index contributed by atoms with van der Waals surface area (Å²) in [5.41, 5.74) is 3.56. The van der Waals surface area contributed by atoms with Crippen LogP contribution in [0, 0.1) is 0 Å². The monoisotopic (exact) mass is 210 g/mol. The van der Waals surface area contributed by atoms with E-state index in [2.05, 4.69) is 10.5 Å². The molecule has 0 aliphatic rings. The molecule has 0 radical (unpaired) electrons. The van der Waals surface area contributed by atoms with Crippen LogP contribution in [0.3, 0.4) is 0 Å². The van der Waals surface area contributed by atoms with Crippen molar-refractivity contribution in [1.29, 1.82) is 0 Å². The van der Waals surface area contributed by atoms with E-state index in [9.17, 15) is 4.79 Å². The van der Waals surface area contributed by atoms with Crippen LogP contribution in [0.4, 0.5) is 0 Å². The second-order valence-corrected chi connectivity index (χ2v) is 3.75. The molecule has 0 bridgehead atoms. The number of hydrogen-bond donors (Lipinski definition) is 1. The zero-order valence-electron chi connectivity index (χ0n) is 8.41. The molecule has 1 heterocycles. The van der Waals surface area contributed by atoms with Gasteiger partial charge in [0.05, 0.1) is 4.88 Å². The topological polar surface area (TPSA) is 41.5 Å². The summed E-state index contributed by atoms with van der Waals surface area (Å²) in [6.07, 6.45) is 1.75. The summed E-state index contributed by atoms with van der Waals surface area (Å²) in [6.45, 7) is 4.05. The third-order valence-electron chi connectivity index (χ3n) is 1.88. The van der Waals surface area contributed by atoms with Crippen molar-refractivity contribution < 1.29 is 4.79 Å². The Hall–Kier alpha value is -1.16. The maximum atomic E-state index is 11.4. The minimum Gasteiger partial charge on any atom is -0.266 e. The molecule has 1 amide bonds. The van der Waals surface area contributed by atoms with E-state index in [0.717, 1.165) is 18.6 Å². The molecule has 0 aromatic carbocycles. The predicted octanol–water partition coefficient (Wildman–Crippen LogP) is 2.65. The Labute approximate surface area is 87.8 Å². The number of hydrogen-bond acceptors (Lipinski definition) is 3. The van der Waals surface area contributed by atoms with E-state index in [1.807, 2.05) is 25.3 Å². The van der Waals surface area contributed by atoms with E-state index < -0.39 is 0 Å². The van der Waals surface area contributed by atoms with Crippen LogP contribution in [0.15, 0.2) is 22.6 Å². The van der Waals surface area contributed by atoms with Crippen LogP contribution in [0.1, 0.15) is 36.4 Å². The quantitative estimate of drug-likeness (QED) is 0.602. The number of nitrogens with zero attached hydrogens (tertiary/aromatic N) is 1. The van der Waals surface area contributed by atoms with Crippen molar-refractivity contribution in [3.8, 4) is 0 Å². The van der Waals surface area contributed by atoms with Crippen molar-refractivity contribution in [2.75, 3.05) is 0 Å². The summed E-state index contributed by atoms with van der Waals surface area (Å²) in [7, 11) is 0. The summed E-state index contributed by atoms with van der Waals surface area (Å²) in [4.78, 5) is 12.1. The van der Waals surface area contributed by atoms with Crippen LogP contribution in [0.2, 0.25) is 0 Å². The fraction of sp³-hybridized carbons (Fsp3) is 0.400. The summed E-state index contributed by atoms with van der Waals surface area (Å²) in [5, 5.41) is 5.91. The Bertz CT molecular complexity index is 311. The van der Waals surface area contributed by atoms with Gasteiger partial charge in [0.15, 0.2) is 0 Å². The molecule has 76 valence electrons. The van der Waals surface area contributed by atoms with Crippen LogP contribution in [0.5, 0.6) is 0 Å².